The van der Waals surface area contributed by atoms with Gasteiger partial charge in [-0.1, -0.05) is 18.5 Å². The van der Waals surface area contributed by atoms with Gasteiger partial charge in [0.15, 0.2) is 5.76 Å². The summed E-state index contributed by atoms with van der Waals surface area (Å²) in [4.78, 5) is 13.7. The van der Waals surface area contributed by atoms with E-state index in [0.717, 1.165) is 17.9 Å². The molecule has 112 valence electrons. The fraction of sp³-hybridized carbons (Fsp3) is 0.714. The van der Waals surface area contributed by atoms with E-state index in [4.69, 9.17) is 4.52 Å². The molecule has 1 aliphatic heterocycles. The van der Waals surface area contributed by atoms with Crippen LogP contribution in [0.2, 0.25) is 0 Å². The molecular formula is C14H22N2O4. The van der Waals surface area contributed by atoms with Crippen LogP contribution in [0.4, 0.5) is 0 Å². The predicted molar refractivity (Wildman–Crippen MR) is 72.1 cm³/mol. The number of aliphatic carboxylic acids is 1. The molecule has 2 rings (SSSR count). The number of aliphatic hydroxyl groups excluding tert-OH is 1. The third-order valence-corrected chi connectivity index (χ3v) is 4.04. The van der Waals surface area contributed by atoms with Crippen LogP contribution < -0.4 is 0 Å². The summed E-state index contributed by atoms with van der Waals surface area (Å²) in [6, 6.07) is 1.85. The van der Waals surface area contributed by atoms with Crippen LogP contribution in [0.15, 0.2) is 10.6 Å². The molecule has 2 atom stereocenters. The molecule has 1 saturated heterocycles. The average molecular weight is 282 g/mol. The minimum atomic E-state index is -1.07. The minimum Gasteiger partial charge on any atom is -0.481 e. The molecule has 0 amide bonds. The Hall–Kier alpha value is -1.40. The number of rotatable bonds is 5. The fourth-order valence-electron chi connectivity index (χ4n) is 3.02. The van der Waals surface area contributed by atoms with Crippen molar-refractivity contribution in [1.82, 2.24) is 10.1 Å². The number of aromatic nitrogens is 1. The van der Waals surface area contributed by atoms with Gasteiger partial charge in [0.1, 0.15) is 5.41 Å². The summed E-state index contributed by atoms with van der Waals surface area (Å²) in [5, 5.41) is 23.6. The van der Waals surface area contributed by atoms with Crippen molar-refractivity contribution in [2.24, 2.45) is 5.41 Å². The number of piperidine rings is 1. The van der Waals surface area contributed by atoms with E-state index in [0.29, 0.717) is 32.5 Å². The molecule has 0 bridgehead atoms. The highest BCUT2D eigenvalue weighted by molar-refractivity contribution is 5.76. The number of aryl methyl sites for hydroxylation is 1. The van der Waals surface area contributed by atoms with Crippen molar-refractivity contribution in [1.29, 1.82) is 0 Å². The van der Waals surface area contributed by atoms with Crippen molar-refractivity contribution in [3.8, 4) is 0 Å². The summed E-state index contributed by atoms with van der Waals surface area (Å²) in [6.07, 6.45) is 0.903. The van der Waals surface area contributed by atoms with Gasteiger partial charge in [-0.25, -0.2) is 0 Å². The zero-order valence-corrected chi connectivity index (χ0v) is 12.0. The lowest BCUT2D eigenvalue weighted by Crippen LogP contribution is -2.55. The van der Waals surface area contributed by atoms with E-state index >= 15 is 0 Å². The van der Waals surface area contributed by atoms with Gasteiger partial charge in [-0.15, -0.1) is 0 Å². The number of hydrogen-bond acceptors (Lipinski definition) is 5. The Morgan fingerprint density at radius 3 is 2.95 bits per heavy atom. The second kappa shape index (κ2) is 5.93. The van der Waals surface area contributed by atoms with Gasteiger partial charge >= 0.3 is 5.97 Å². The van der Waals surface area contributed by atoms with E-state index in [1.54, 1.807) is 0 Å². The highest BCUT2D eigenvalue weighted by Crippen LogP contribution is 2.36. The van der Waals surface area contributed by atoms with Gasteiger partial charge in [0.25, 0.3) is 0 Å². The summed E-state index contributed by atoms with van der Waals surface area (Å²) in [6.45, 7) is 5.34. The van der Waals surface area contributed by atoms with Crippen LogP contribution in [-0.4, -0.2) is 45.4 Å². The molecule has 0 saturated carbocycles. The van der Waals surface area contributed by atoms with Crippen molar-refractivity contribution in [3.05, 3.63) is 17.5 Å². The van der Waals surface area contributed by atoms with Crippen LogP contribution in [0.25, 0.3) is 0 Å². The van der Waals surface area contributed by atoms with Gasteiger partial charge in [-0.05, 0) is 19.8 Å². The van der Waals surface area contributed by atoms with Crippen molar-refractivity contribution in [2.75, 3.05) is 13.1 Å². The Morgan fingerprint density at radius 2 is 2.40 bits per heavy atom. The van der Waals surface area contributed by atoms with Gasteiger partial charge < -0.3 is 14.7 Å². The molecule has 1 aromatic rings. The Morgan fingerprint density at radius 1 is 1.65 bits per heavy atom. The van der Waals surface area contributed by atoms with Crippen molar-refractivity contribution < 1.29 is 19.5 Å². The van der Waals surface area contributed by atoms with Crippen LogP contribution in [0, 0.1) is 12.3 Å². The van der Waals surface area contributed by atoms with Gasteiger partial charge in [-0.2, -0.15) is 0 Å². The first-order valence-corrected chi connectivity index (χ1v) is 7.04. The van der Waals surface area contributed by atoms with Gasteiger partial charge in [0, 0.05) is 19.2 Å². The Bertz CT molecular complexity index is 473. The Balaban J connectivity index is 2.12. The summed E-state index contributed by atoms with van der Waals surface area (Å²) >= 11 is 0. The number of carboxylic acid groups (broad SMARTS) is 1. The Labute approximate surface area is 118 Å². The Kier molecular flexibility index (Phi) is 4.45. The lowest BCUT2D eigenvalue weighted by atomic mass is 9.74. The van der Waals surface area contributed by atoms with Crippen LogP contribution in [-0.2, 0) is 11.3 Å². The molecule has 0 radical (unpaired) electrons. The average Bonchev–Trinajstić information content (AvgIpc) is 2.79. The van der Waals surface area contributed by atoms with Crippen LogP contribution in [0.1, 0.15) is 37.6 Å². The van der Waals surface area contributed by atoms with E-state index in [2.05, 4.69) is 5.16 Å². The van der Waals surface area contributed by atoms with Gasteiger partial charge in [0.2, 0.25) is 0 Å². The maximum atomic E-state index is 11.7. The highest BCUT2D eigenvalue weighted by atomic mass is 16.5. The van der Waals surface area contributed by atoms with Gasteiger partial charge in [0.05, 0.1) is 18.3 Å². The highest BCUT2D eigenvalue weighted by Gasteiger charge is 2.48. The molecule has 1 aromatic heterocycles. The van der Waals surface area contributed by atoms with E-state index in [-0.39, 0.29) is 0 Å². The van der Waals surface area contributed by atoms with Crippen molar-refractivity contribution in [3.63, 3.8) is 0 Å². The second-order valence-corrected chi connectivity index (χ2v) is 5.66. The number of likely N-dealkylation sites (tertiary alicyclic amines) is 1. The molecule has 0 aliphatic carbocycles. The molecule has 1 aliphatic rings. The first-order chi connectivity index (χ1) is 9.48. The molecule has 20 heavy (non-hydrogen) atoms. The first kappa shape index (κ1) is 15.0. The second-order valence-electron chi connectivity index (χ2n) is 5.66. The molecule has 1 fully saturated rings. The van der Waals surface area contributed by atoms with Crippen molar-refractivity contribution in [2.45, 2.75) is 45.8 Å². The van der Waals surface area contributed by atoms with E-state index in [9.17, 15) is 15.0 Å². The third-order valence-electron chi connectivity index (χ3n) is 4.04. The van der Waals surface area contributed by atoms with E-state index in [1.807, 2.05) is 24.8 Å². The zero-order valence-electron chi connectivity index (χ0n) is 12.0. The lowest BCUT2D eigenvalue weighted by Gasteiger charge is -2.43. The monoisotopic (exact) mass is 282 g/mol. The molecule has 2 heterocycles. The summed E-state index contributed by atoms with van der Waals surface area (Å²) in [5.41, 5.74) is -0.252. The number of nitrogens with zero attached hydrogens (tertiary/aromatic N) is 2. The topological polar surface area (TPSA) is 86.8 Å². The molecule has 2 N–H and O–H groups in total. The molecule has 0 aromatic carbocycles. The maximum absolute atomic E-state index is 11.7. The number of carboxylic acids is 1. The number of aliphatic hydroxyl groups is 1. The normalized spacial score (nSPS) is 27.6. The molecular weight excluding hydrogens is 260 g/mol. The van der Waals surface area contributed by atoms with Gasteiger partial charge in [-0.3, -0.25) is 9.69 Å². The lowest BCUT2D eigenvalue weighted by molar-refractivity contribution is -0.164. The maximum Gasteiger partial charge on any atom is 0.313 e. The standard InChI is InChI=1S/C14H22N2O4/c1-3-5-14(13(18)19)9-16(6-4-12(14)17)8-11-7-10(2)15-20-11/h7,12,17H,3-6,8-9H2,1-2H3,(H,18,19)/t12-,14-/m1/s1. The zero-order chi connectivity index (χ0) is 14.8. The minimum absolute atomic E-state index is 0.344. The van der Waals surface area contributed by atoms with Crippen LogP contribution in [0.5, 0.6) is 0 Å². The van der Waals surface area contributed by atoms with Crippen LogP contribution >= 0.6 is 0 Å². The summed E-state index contributed by atoms with van der Waals surface area (Å²) in [7, 11) is 0. The quantitative estimate of drug-likeness (QED) is 0.849. The number of carbonyl (C=O) groups is 1. The first-order valence-electron chi connectivity index (χ1n) is 7.04. The van der Waals surface area contributed by atoms with Crippen molar-refractivity contribution >= 4 is 5.97 Å². The van der Waals surface area contributed by atoms with E-state index < -0.39 is 17.5 Å². The largest absolute Gasteiger partial charge is 0.481 e. The van der Waals surface area contributed by atoms with Crippen LogP contribution in [0.3, 0.4) is 0 Å². The molecule has 0 spiro atoms. The summed E-state index contributed by atoms with van der Waals surface area (Å²) < 4.78 is 5.18. The smallest absolute Gasteiger partial charge is 0.313 e. The third kappa shape index (κ3) is 2.86. The SMILES string of the molecule is CCC[C@@]1(C(=O)O)CN(Cc2cc(C)no2)CC[C@H]1O. The van der Waals surface area contributed by atoms with E-state index in [1.165, 1.54) is 0 Å². The predicted octanol–water partition coefficient (Wildman–Crippen LogP) is 1.42. The summed E-state index contributed by atoms with van der Waals surface area (Å²) in [5.74, 6) is -0.181. The fourth-order valence-corrected chi connectivity index (χ4v) is 3.02. The molecule has 6 nitrogen and oxygen atoms in total. The molecule has 6 heteroatoms. The number of hydrogen-bond donors (Lipinski definition) is 2. The molecule has 0 unspecified atom stereocenters.